The average molecular weight is 388 g/mol. The Morgan fingerprint density at radius 2 is 2.12 bits per heavy atom. The number of aromatic nitrogens is 2. The molecule has 1 N–H and O–H groups in total. The van der Waals surface area contributed by atoms with Gasteiger partial charge in [0.25, 0.3) is 10.0 Å². The molecule has 1 aromatic heterocycles. The number of nitrogens with one attached hydrogen (secondary N) is 1. The Morgan fingerprint density at radius 3 is 2.79 bits per heavy atom. The lowest BCUT2D eigenvalue weighted by molar-refractivity contribution is 0.0599. The van der Waals surface area contributed by atoms with E-state index in [-0.39, 0.29) is 15.6 Å². The van der Waals surface area contributed by atoms with E-state index in [1.165, 1.54) is 42.3 Å². The Hall–Kier alpha value is -1.65. The molecule has 0 radical (unpaired) electrons. The molecule has 0 aliphatic rings. The minimum Gasteiger partial charge on any atom is -0.465 e. The fraction of sp³-hybridized carbons (Fsp3) is 0.357. The Labute approximate surface area is 148 Å². The van der Waals surface area contributed by atoms with Crippen LogP contribution in [0.1, 0.15) is 29.3 Å². The largest absolute Gasteiger partial charge is 0.465 e. The summed E-state index contributed by atoms with van der Waals surface area (Å²) in [5.41, 5.74) is 0.840. The number of esters is 1. The van der Waals surface area contributed by atoms with Crippen molar-refractivity contribution in [3.05, 3.63) is 29.3 Å². The predicted molar refractivity (Wildman–Crippen MR) is 94.3 cm³/mol. The third kappa shape index (κ3) is 4.46. The van der Waals surface area contributed by atoms with Crippen LogP contribution in [-0.4, -0.2) is 37.4 Å². The summed E-state index contributed by atoms with van der Waals surface area (Å²) < 4.78 is 32.7. The van der Waals surface area contributed by atoms with Crippen LogP contribution < -0.4 is 4.72 Å². The van der Waals surface area contributed by atoms with Crippen LogP contribution in [0.25, 0.3) is 0 Å². The Balaban J connectivity index is 2.24. The quantitative estimate of drug-likeness (QED) is 0.576. The molecule has 24 heavy (non-hydrogen) atoms. The molecule has 0 bridgehead atoms. The number of benzene rings is 1. The third-order valence-corrected chi connectivity index (χ3v) is 6.63. The average Bonchev–Trinajstić information content (AvgIpc) is 2.99. The van der Waals surface area contributed by atoms with Crippen molar-refractivity contribution in [3.63, 3.8) is 0 Å². The van der Waals surface area contributed by atoms with Crippen molar-refractivity contribution >= 4 is 44.2 Å². The third-order valence-electron chi connectivity index (χ3n) is 2.98. The molecule has 2 rings (SSSR count). The Morgan fingerprint density at radius 1 is 1.38 bits per heavy atom. The van der Waals surface area contributed by atoms with Gasteiger partial charge in [-0.15, -0.1) is 10.2 Å². The number of carbonyl (C=O) groups is 1. The molecular weight excluding hydrogens is 370 g/mol. The van der Waals surface area contributed by atoms with Crippen molar-refractivity contribution in [1.29, 1.82) is 0 Å². The number of sulfonamides is 1. The monoisotopic (exact) mass is 387 g/mol. The zero-order valence-electron chi connectivity index (χ0n) is 13.4. The topological polar surface area (TPSA) is 98.3 Å². The van der Waals surface area contributed by atoms with Gasteiger partial charge in [0.15, 0.2) is 4.34 Å². The van der Waals surface area contributed by atoms with Crippen LogP contribution in [-0.2, 0) is 14.8 Å². The first-order valence-electron chi connectivity index (χ1n) is 7.05. The smallest absolute Gasteiger partial charge is 0.338 e. The number of methoxy groups -OCH3 is 1. The SMILES string of the molecule is CCCSc1nnc(NS(=O)(=O)c2ccc(C)c(C(=O)OC)c2)s1. The van der Waals surface area contributed by atoms with Gasteiger partial charge in [0.05, 0.1) is 17.6 Å². The molecule has 0 saturated heterocycles. The second kappa shape index (κ2) is 7.95. The van der Waals surface area contributed by atoms with E-state index in [9.17, 15) is 13.2 Å². The second-order valence-corrected chi connectivity index (χ2v) is 8.80. The molecule has 1 aromatic carbocycles. The van der Waals surface area contributed by atoms with Crippen molar-refractivity contribution in [1.82, 2.24) is 10.2 Å². The van der Waals surface area contributed by atoms with Gasteiger partial charge in [-0.3, -0.25) is 4.72 Å². The Kier molecular flexibility index (Phi) is 6.19. The number of carbonyl (C=O) groups excluding carboxylic acids is 1. The molecular formula is C14H17N3O4S3. The maximum atomic E-state index is 12.5. The summed E-state index contributed by atoms with van der Waals surface area (Å²) >= 11 is 2.69. The number of thioether (sulfide) groups is 1. The van der Waals surface area contributed by atoms with E-state index in [1.807, 2.05) is 6.92 Å². The van der Waals surface area contributed by atoms with Crippen molar-refractivity contribution in [2.75, 3.05) is 17.6 Å². The first-order valence-corrected chi connectivity index (χ1v) is 10.3. The zero-order valence-corrected chi connectivity index (χ0v) is 15.8. The normalized spacial score (nSPS) is 11.3. The summed E-state index contributed by atoms with van der Waals surface area (Å²) in [6, 6.07) is 4.28. The van der Waals surface area contributed by atoms with Crippen molar-refractivity contribution in [2.24, 2.45) is 0 Å². The van der Waals surface area contributed by atoms with Gasteiger partial charge in [0, 0.05) is 5.75 Å². The fourth-order valence-corrected chi connectivity index (χ4v) is 4.70. The molecule has 0 saturated carbocycles. The lowest BCUT2D eigenvalue weighted by Gasteiger charge is -2.08. The number of anilines is 1. The van der Waals surface area contributed by atoms with Gasteiger partial charge in [0.1, 0.15) is 0 Å². The molecule has 0 atom stereocenters. The van der Waals surface area contributed by atoms with Crippen molar-refractivity contribution in [2.45, 2.75) is 29.5 Å². The van der Waals surface area contributed by atoms with Crippen molar-refractivity contribution in [3.8, 4) is 0 Å². The minimum absolute atomic E-state index is 0.0357. The highest BCUT2D eigenvalue weighted by atomic mass is 32.2. The van der Waals surface area contributed by atoms with Gasteiger partial charge in [-0.05, 0) is 31.0 Å². The predicted octanol–water partition coefficient (Wildman–Crippen LogP) is 2.94. The highest BCUT2D eigenvalue weighted by Crippen LogP contribution is 2.27. The van der Waals surface area contributed by atoms with E-state index < -0.39 is 16.0 Å². The van der Waals surface area contributed by atoms with Crippen LogP contribution in [0.2, 0.25) is 0 Å². The van der Waals surface area contributed by atoms with Crippen LogP contribution in [0, 0.1) is 6.92 Å². The lowest BCUT2D eigenvalue weighted by Crippen LogP contribution is -2.14. The molecule has 0 aliphatic heterocycles. The van der Waals surface area contributed by atoms with E-state index in [0.29, 0.717) is 9.90 Å². The van der Waals surface area contributed by atoms with Crippen molar-refractivity contribution < 1.29 is 17.9 Å². The first kappa shape index (κ1) is 18.7. The molecule has 7 nitrogen and oxygen atoms in total. The standard InChI is InChI=1S/C14H17N3O4S3/c1-4-7-22-14-16-15-13(23-14)17-24(19,20)10-6-5-9(2)11(8-10)12(18)21-3/h5-6,8H,4,7H2,1-3H3,(H,15,17). The number of ether oxygens (including phenoxy) is 1. The molecule has 10 heteroatoms. The van der Waals surface area contributed by atoms with Gasteiger partial charge in [-0.1, -0.05) is 36.1 Å². The molecule has 0 unspecified atom stereocenters. The van der Waals surface area contributed by atoms with E-state index in [0.717, 1.165) is 12.2 Å². The summed E-state index contributed by atoms with van der Waals surface area (Å²) in [6.45, 7) is 3.76. The van der Waals surface area contributed by atoms with Gasteiger partial charge in [0.2, 0.25) is 5.13 Å². The van der Waals surface area contributed by atoms with Crippen LogP contribution in [0.4, 0.5) is 5.13 Å². The zero-order chi connectivity index (χ0) is 17.7. The number of hydrogen-bond donors (Lipinski definition) is 1. The lowest BCUT2D eigenvalue weighted by atomic mass is 10.1. The highest BCUT2D eigenvalue weighted by molar-refractivity contribution is 8.01. The van der Waals surface area contributed by atoms with Crippen LogP contribution in [0.15, 0.2) is 27.4 Å². The molecule has 0 amide bonds. The van der Waals surface area contributed by atoms with Crippen LogP contribution in [0.5, 0.6) is 0 Å². The van der Waals surface area contributed by atoms with E-state index in [2.05, 4.69) is 19.7 Å². The van der Waals surface area contributed by atoms with E-state index in [1.54, 1.807) is 13.0 Å². The summed E-state index contributed by atoms with van der Waals surface area (Å²) in [4.78, 5) is 11.7. The van der Waals surface area contributed by atoms with Gasteiger partial charge in [-0.2, -0.15) is 0 Å². The second-order valence-electron chi connectivity index (χ2n) is 4.80. The molecule has 1 heterocycles. The van der Waals surface area contributed by atoms with Gasteiger partial charge >= 0.3 is 5.97 Å². The number of nitrogens with zero attached hydrogens (tertiary/aromatic N) is 2. The summed E-state index contributed by atoms with van der Waals surface area (Å²) in [5, 5.41) is 7.96. The van der Waals surface area contributed by atoms with E-state index >= 15 is 0 Å². The molecule has 0 fully saturated rings. The molecule has 0 aliphatic carbocycles. The molecule has 2 aromatic rings. The molecule has 130 valence electrons. The number of rotatable bonds is 7. The van der Waals surface area contributed by atoms with Gasteiger partial charge < -0.3 is 4.74 Å². The number of aryl methyl sites for hydroxylation is 1. The number of hydrogen-bond acceptors (Lipinski definition) is 8. The Bertz CT molecular complexity index is 834. The maximum Gasteiger partial charge on any atom is 0.338 e. The van der Waals surface area contributed by atoms with E-state index in [4.69, 9.17) is 0 Å². The first-order chi connectivity index (χ1) is 11.4. The summed E-state index contributed by atoms with van der Waals surface area (Å²) in [5.74, 6) is 0.306. The maximum absolute atomic E-state index is 12.5. The van der Waals surface area contributed by atoms with Crippen LogP contribution in [0.3, 0.4) is 0 Å². The highest BCUT2D eigenvalue weighted by Gasteiger charge is 2.20. The van der Waals surface area contributed by atoms with Crippen LogP contribution >= 0.6 is 23.1 Å². The summed E-state index contributed by atoms with van der Waals surface area (Å²) in [6.07, 6.45) is 0.991. The van der Waals surface area contributed by atoms with Gasteiger partial charge in [-0.25, -0.2) is 13.2 Å². The molecule has 0 spiro atoms. The minimum atomic E-state index is -3.86. The fourth-order valence-electron chi connectivity index (χ4n) is 1.77. The summed E-state index contributed by atoms with van der Waals surface area (Å²) in [7, 11) is -2.61.